The van der Waals surface area contributed by atoms with Crippen molar-refractivity contribution in [3.8, 4) is 0 Å². The molecule has 1 aromatic rings. The van der Waals surface area contributed by atoms with Crippen LogP contribution in [0.1, 0.15) is 16.8 Å². The van der Waals surface area contributed by atoms with Gasteiger partial charge in [-0.05, 0) is 12.5 Å². The van der Waals surface area contributed by atoms with E-state index in [1.165, 1.54) is 23.1 Å². The molecule has 0 heterocycles. The number of rotatable bonds is 5. The second-order valence-electron chi connectivity index (χ2n) is 3.76. The van der Waals surface area contributed by atoms with E-state index in [4.69, 9.17) is 5.11 Å². The van der Waals surface area contributed by atoms with Gasteiger partial charge in [-0.2, -0.15) is 0 Å². The third-order valence-electron chi connectivity index (χ3n) is 2.34. The van der Waals surface area contributed by atoms with E-state index in [0.29, 0.717) is 17.4 Å². The normalized spacial score (nSPS) is 10.2. The largest absolute Gasteiger partial charge is 0.396 e. The number of benzene rings is 1. The predicted octanol–water partition coefficient (Wildman–Crippen LogP) is 1.81. The molecule has 0 aliphatic carbocycles. The van der Waals surface area contributed by atoms with Crippen LogP contribution in [0.5, 0.6) is 0 Å². The minimum atomic E-state index is -0.546. The van der Waals surface area contributed by atoms with Crippen molar-refractivity contribution in [3.63, 3.8) is 0 Å². The summed E-state index contributed by atoms with van der Waals surface area (Å²) in [5, 5.41) is 19.4. The van der Waals surface area contributed by atoms with E-state index in [0.717, 1.165) is 0 Å². The Kier molecular flexibility index (Phi) is 5.24. The molecule has 18 heavy (non-hydrogen) atoms. The Morgan fingerprint density at radius 3 is 2.72 bits per heavy atom. The molecule has 6 nitrogen and oxygen atoms in total. The summed E-state index contributed by atoms with van der Waals surface area (Å²) in [6.45, 7) is 0.395. The highest BCUT2D eigenvalue weighted by atomic mass is 79.9. The van der Waals surface area contributed by atoms with Crippen molar-refractivity contribution in [3.05, 3.63) is 38.3 Å². The highest BCUT2D eigenvalue weighted by Gasteiger charge is 2.16. The Balaban J connectivity index is 2.95. The summed E-state index contributed by atoms with van der Waals surface area (Å²) in [5.74, 6) is -0.312. The summed E-state index contributed by atoms with van der Waals surface area (Å²) in [5.41, 5.74) is 0.111. The molecule has 0 aliphatic rings. The second kappa shape index (κ2) is 6.46. The van der Waals surface area contributed by atoms with Crippen LogP contribution in [0.2, 0.25) is 0 Å². The Morgan fingerprint density at radius 2 is 2.17 bits per heavy atom. The lowest BCUT2D eigenvalue weighted by Gasteiger charge is -2.16. The molecular weight excluding hydrogens is 304 g/mol. The van der Waals surface area contributed by atoms with Crippen LogP contribution >= 0.6 is 15.9 Å². The van der Waals surface area contributed by atoms with E-state index in [1.54, 1.807) is 7.05 Å². The van der Waals surface area contributed by atoms with Gasteiger partial charge in [-0.25, -0.2) is 0 Å². The molecule has 0 saturated heterocycles. The highest BCUT2D eigenvalue weighted by molar-refractivity contribution is 9.10. The first-order valence-corrected chi connectivity index (χ1v) is 6.06. The van der Waals surface area contributed by atoms with Crippen LogP contribution in [0.25, 0.3) is 0 Å². The zero-order valence-electron chi connectivity index (χ0n) is 9.80. The molecule has 0 unspecified atom stereocenters. The van der Waals surface area contributed by atoms with Gasteiger partial charge >= 0.3 is 0 Å². The first-order chi connectivity index (χ1) is 8.45. The molecule has 1 N–H and O–H groups in total. The molecule has 0 aliphatic heterocycles. The lowest BCUT2D eigenvalue weighted by atomic mass is 10.2. The Labute approximate surface area is 112 Å². The van der Waals surface area contributed by atoms with Crippen molar-refractivity contribution >= 4 is 27.5 Å². The van der Waals surface area contributed by atoms with Crippen molar-refractivity contribution < 1.29 is 14.8 Å². The number of aliphatic hydroxyl groups excluding tert-OH is 1. The highest BCUT2D eigenvalue weighted by Crippen LogP contribution is 2.22. The minimum absolute atomic E-state index is 0.00372. The van der Waals surface area contributed by atoms with Gasteiger partial charge in [-0.15, -0.1) is 0 Å². The summed E-state index contributed by atoms with van der Waals surface area (Å²) < 4.78 is 0.482. The molecule has 0 aromatic heterocycles. The minimum Gasteiger partial charge on any atom is -0.396 e. The van der Waals surface area contributed by atoms with Crippen molar-refractivity contribution in [2.45, 2.75) is 6.42 Å². The van der Waals surface area contributed by atoms with E-state index in [2.05, 4.69) is 15.9 Å². The van der Waals surface area contributed by atoms with E-state index in [-0.39, 0.29) is 23.8 Å². The van der Waals surface area contributed by atoms with Crippen LogP contribution in [-0.4, -0.2) is 41.0 Å². The molecule has 7 heteroatoms. The molecule has 0 fully saturated rings. The maximum atomic E-state index is 12.0. The topological polar surface area (TPSA) is 83.7 Å². The summed E-state index contributed by atoms with van der Waals surface area (Å²) in [6, 6.07) is 4.11. The van der Waals surface area contributed by atoms with Crippen LogP contribution in [0.3, 0.4) is 0 Å². The Morgan fingerprint density at radius 1 is 1.50 bits per heavy atom. The fourth-order valence-electron chi connectivity index (χ4n) is 1.43. The first kappa shape index (κ1) is 14.6. The Bertz CT molecular complexity index is 464. The maximum absolute atomic E-state index is 12.0. The molecule has 1 aromatic carbocycles. The standard InChI is InChI=1S/C11H13BrN2O4/c1-13(3-2-4-15)11(16)8-5-9(12)7-10(6-8)14(17)18/h5-7,15H,2-4H2,1H3. The third-order valence-corrected chi connectivity index (χ3v) is 2.80. The SMILES string of the molecule is CN(CCCO)C(=O)c1cc(Br)cc([N+](=O)[O-])c1. The van der Waals surface area contributed by atoms with Crippen molar-refractivity contribution in [1.82, 2.24) is 4.90 Å². The first-order valence-electron chi connectivity index (χ1n) is 5.27. The van der Waals surface area contributed by atoms with Crippen molar-refractivity contribution in [2.75, 3.05) is 20.2 Å². The number of halogens is 1. The van der Waals surface area contributed by atoms with Gasteiger partial charge in [0.15, 0.2) is 0 Å². The summed E-state index contributed by atoms with van der Waals surface area (Å²) in [6.07, 6.45) is 0.471. The lowest BCUT2D eigenvalue weighted by molar-refractivity contribution is -0.385. The van der Waals surface area contributed by atoms with Crippen LogP contribution in [-0.2, 0) is 0 Å². The summed E-state index contributed by atoms with van der Waals surface area (Å²) >= 11 is 3.14. The number of amides is 1. The second-order valence-corrected chi connectivity index (χ2v) is 4.67. The molecule has 0 radical (unpaired) electrons. The van der Waals surface area contributed by atoms with Gasteiger partial charge in [0.1, 0.15) is 0 Å². The van der Waals surface area contributed by atoms with Crippen LogP contribution in [0.15, 0.2) is 22.7 Å². The van der Waals surface area contributed by atoms with Gasteiger partial charge in [0.2, 0.25) is 0 Å². The lowest BCUT2D eigenvalue weighted by Crippen LogP contribution is -2.28. The molecule has 1 rings (SSSR count). The molecule has 0 spiro atoms. The van der Waals surface area contributed by atoms with E-state index < -0.39 is 4.92 Å². The summed E-state index contributed by atoms with van der Waals surface area (Å²) in [7, 11) is 1.59. The van der Waals surface area contributed by atoms with Crippen LogP contribution < -0.4 is 0 Å². The van der Waals surface area contributed by atoms with Crippen LogP contribution in [0, 0.1) is 10.1 Å². The number of nitro benzene ring substituents is 1. The van der Waals surface area contributed by atoms with E-state index in [9.17, 15) is 14.9 Å². The quantitative estimate of drug-likeness (QED) is 0.663. The smallest absolute Gasteiger partial charge is 0.271 e. The zero-order valence-corrected chi connectivity index (χ0v) is 11.4. The van der Waals surface area contributed by atoms with E-state index >= 15 is 0 Å². The number of hydrogen-bond donors (Lipinski definition) is 1. The monoisotopic (exact) mass is 316 g/mol. The average Bonchev–Trinajstić information content (AvgIpc) is 2.34. The van der Waals surface area contributed by atoms with E-state index in [1.807, 2.05) is 0 Å². The predicted molar refractivity (Wildman–Crippen MR) is 69.5 cm³/mol. The Hall–Kier alpha value is -1.47. The van der Waals surface area contributed by atoms with Crippen molar-refractivity contribution in [1.29, 1.82) is 0 Å². The number of nitrogens with zero attached hydrogens (tertiary/aromatic N) is 2. The fourth-order valence-corrected chi connectivity index (χ4v) is 1.91. The molecule has 98 valence electrons. The number of aliphatic hydroxyl groups is 1. The zero-order chi connectivity index (χ0) is 13.7. The molecule has 0 saturated carbocycles. The van der Waals surface area contributed by atoms with Crippen molar-refractivity contribution in [2.24, 2.45) is 0 Å². The number of nitro groups is 1. The molecule has 0 bridgehead atoms. The number of carbonyl (C=O) groups is 1. The molecular formula is C11H13BrN2O4. The van der Waals surface area contributed by atoms with Gasteiger partial charge in [0.05, 0.1) is 4.92 Å². The molecule has 0 atom stereocenters. The number of carbonyl (C=O) groups excluding carboxylic acids is 1. The maximum Gasteiger partial charge on any atom is 0.271 e. The van der Waals surface area contributed by atoms with Gasteiger partial charge in [0, 0.05) is 42.4 Å². The number of non-ortho nitro benzene ring substituents is 1. The van der Waals surface area contributed by atoms with Gasteiger partial charge in [0.25, 0.3) is 11.6 Å². The molecule has 1 amide bonds. The number of hydrogen-bond acceptors (Lipinski definition) is 4. The fraction of sp³-hybridized carbons (Fsp3) is 0.364. The van der Waals surface area contributed by atoms with Gasteiger partial charge < -0.3 is 10.0 Å². The average molecular weight is 317 g/mol. The van der Waals surface area contributed by atoms with Crippen LogP contribution in [0.4, 0.5) is 5.69 Å². The van der Waals surface area contributed by atoms with Gasteiger partial charge in [-0.3, -0.25) is 14.9 Å². The third kappa shape index (κ3) is 3.78. The summed E-state index contributed by atoms with van der Waals surface area (Å²) in [4.78, 5) is 23.5. The van der Waals surface area contributed by atoms with Gasteiger partial charge in [-0.1, -0.05) is 15.9 Å².